The molecule has 0 unspecified atom stereocenters. The van der Waals surface area contributed by atoms with Crippen LogP contribution in [0.3, 0.4) is 0 Å². The molecule has 0 aliphatic rings. The topological polar surface area (TPSA) is 76.7 Å². The van der Waals surface area contributed by atoms with Gasteiger partial charge in [0.25, 0.3) is 0 Å². The molecule has 6 heteroatoms. The second kappa shape index (κ2) is 6.33. The lowest BCUT2D eigenvalue weighted by molar-refractivity contribution is 0.0690. The number of hydrogen-bond acceptors (Lipinski definition) is 4. The Morgan fingerprint density at radius 3 is 2.50 bits per heavy atom. The number of carbonyl (C=O) groups is 1. The monoisotopic (exact) mass is 345 g/mol. The molecule has 0 spiro atoms. The number of aromatic nitrogens is 3. The Labute approximate surface area is 149 Å². The Morgan fingerprint density at radius 2 is 1.77 bits per heavy atom. The number of aromatic carboxylic acids is 1. The summed E-state index contributed by atoms with van der Waals surface area (Å²) in [5, 5.41) is 14.1. The number of carboxylic acid groups (broad SMARTS) is 1. The Kier molecular flexibility index (Phi) is 3.85. The van der Waals surface area contributed by atoms with Crippen LogP contribution in [0.5, 0.6) is 5.75 Å². The van der Waals surface area contributed by atoms with Crippen molar-refractivity contribution in [3.05, 3.63) is 72.4 Å². The summed E-state index contributed by atoms with van der Waals surface area (Å²) in [6.07, 6.45) is 0. The van der Waals surface area contributed by atoms with Crippen LogP contribution in [0.4, 0.5) is 0 Å². The van der Waals surface area contributed by atoms with Crippen LogP contribution in [0.15, 0.2) is 66.7 Å². The fourth-order valence-corrected chi connectivity index (χ4v) is 2.82. The molecule has 128 valence electrons. The number of ether oxygens (including phenoxy) is 1. The van der Waals surface area contributed by atoms with Crippen LogP contribution in [0.25, 0.3) is 28.2 Å². The highest BCUT2D eigenvalue weighted by molar-refractivity contribution is 5.88. The predicted octanol–water partition coefficient (Wildman–Crippen LogP) is 3.77. The van der Waals surface area contributed by atoms with Crippen molar-refractivity contribution < 1.29 is 14.6 Å². The van der Waals surface area contributed by atoms with E-state index in [0.29, 0.717) is 17.1 Å². The third-order valence-corrected chi connectivity index (χ3v) is 4.08. The Hall–Kier alpha value is -3.67. The molecule has 0 saturated carbocycles. The van der Waals surface area contributed by atoms with Crippen LogP contribution in [0.2, 0.25) is 0 Å². The zero-order chi connectivity index (χ0) is 18.1. The van der Waals surface area contributed by atoms with E-state index in [1.807, 2.05) is 54.6 Å². The number of carboxylic acids is 1. The maximum atomic E-state index is 11.5. The van der Waals surface area contributed by atoms with Gasteiger partial charge in [-0.25, -0.2) is 14.3 Å². The van der Waals surface area contributed by atoms with E-state index in [2.05, 4.69) is 10.1 Å². The predicted molar refractivity (Wildman–Crippen MR) is 97.4 cm³/mol. The van der Waals surface area contributed by atoms with Crippen molar-refractivity contribution in [3.63, 3.8) is 0 Å². The molecule has 2 aromatic carbocycles. The number of methoxy groups -OCH3 is 1. The molecule has 2 aromatic heterocycles. The summed E-state index contributed by atoms with van der Waals surface area (Å²) in [5.41, 5.74) is 3.53. The second-order valence-corrected chi connectivity index (χ2v) is 5.73. The van der Waals surface area contributed by atoms with E-state index in [4.69, 9.17) is 4.74 Å². The van der Waals surface area contributed by atoms with Gasteiger partial charge in [0.1, 0.15) is 5.75 Å². The summed E-state index contributed by atoms with van der Waals surface area (Å²) < 4.78 is 6.94. The zero-order valence-corrected chi connectivity index (χ0v) is 14.0. The lowest BCUT2D eigenvalue weighted by Crippen LogP contribution is -2.05. The van der Waals surface area contributed by atoms with E-state index in [1.54, 1.807) is 17.7 Å². The standard InChI is InChI=1S/C20H15N3O3/c1-26-15-9-5-8-14(10-15)18-11-17(20(24)25)21-19-12-16(22-23(18)19)13-6-3-2-4-7-13/h2-12H,1H3,(H,24,25). The van der Waals surface area contributed by atoms with Crippen LogP contribution >= 0.6 is 0 Å². The molecule has 0 amide bonds. The molecule has 6 nitrogen and oxygen atoms in total. The maximum Gasteiger partial charge on any atom is 0.354 e. The molecule has 1 N–H and O–H groups in total. The molecule has 0 fully saturated rings. The number of hydrogen-bond donors (Lipinski definition) is 1. The Morgan fingerprint density at radius 1 is 1.00 bits per heavy atom. The lowest BCUT2D eigenvalue weighted by atomic mass is 10.1. The summed E-state index contributed by atoms with van der Waals surface area (Å²) in [6.45, 7) is 0. The Balaban J connectivity index is 1.97. The number of rotatable bonds is 4. The summed E-state index contributed by atoms with van der Waals surface area (Å²) in [5.74, 6) is -0.404. The third kappa shape index (κ3) is 2.77. The van der Waals surface area contributed by atoms with Crippen molar-refractivity contribution >= 4 is 11.6 Å². The molecule has 4 aromatic rings. The van der Waals surface area contributed by atoms with E-state index >= 15 is 0 Å². The van der Waals surface area contributed by atoms with Gasteiger partial charge in [0.05, 0.1) is 18.5 Å². The number of fused-ring (bicyclic) bond motifs is 1. The van der Waals surface area contributed by atoms with E-state index < -0.39 is 5.97 Å². The number of nitrogens with zero attached hydrogens (tertiary/aromatic N) is 3. The minimum atomic E-state index is -1.08. The molecule has 0 atom stereocenters. The van der Waals surface area contributed by atoms with Gasteiger partial charge in [-0.1, -0.05) is 42.5 Å². The fourth-order valence-electron chi connectivity index (χ4n) is 2.82. The first-order chi connectivity index (χ1) is 12.7. The molecule has 4 rings (SSSR count). The van der Waals surface area contributed by atoms with E-state index in [0.717, 1.165) is 16.8 Å². The average Bonchev–Trinajstić information content (AvgIpc) is 3.12. The first-order valence-corrected chi connectivity index (χ1v) is 7.99. The molecule has 0 saturated heterocycles. The fraction of sp³-hybridized carbons (Fsp3) is 0.0500. The van der Waals surface area contributed by atoms with Gasteiger partial charge in [0.2, 0.25) is 0 Å². The quantitative estimate of drug-likeness (QED) is 0.609. The van der Waals surface area contributed by atoms with Crippen LogP contribution in [0.1, 0.15) is 10.5 Å². The smallest absolute Gasteiger partial charge is 0.354 e. The largest absolute Gasteiger partial charge is 0.497 e. The van der Waals surface area contributed by atoms with Gasteiger partial charge in [-0.2, -0.15) is 5.10 Å². The minimum Gasteiger partial charge on any atom is -0.497 e. The highest BCUT2D eigenvalue weighted by Gasteiger charge is 2.15. The van der Waals surface area contributed by atoms with Gasteiger partial charge in [-0.3, -0.25) is 0 Å². The van der Waals surface area contributed by atoms with Gasteiger partial charge in [-0.05, 0) is 18.2 Å². The Bertz CT molecular complexity index is 1100. The van der Waals surface area contributed by atoms with Crippen molar-refractivity contribution in [2.75, 3.05) is 7.11 Å². The minimum absolute atomic E-state index is 0.0326. The first-order valence-electron chi connectivity index (χ1n) is 7.99. The lowest BCUT2D eigenvalue weighted by Gasteiger charge is -2.08. The maximum absolute atomic E-state index is 11.5. The van der Waals surface area contributed by atoms with E-state index in [-0.39, 0.29) is 5.69 Å². The summed E-state index contributed by atoms with van der Waals surface area (Å²) >= 11 is 0. The van der Waals surface area contributed by atoms with Gasteiger partial charge >= 0.3 is 5.97 Å². The van der Waals surface area contributed by atoms with Crippen LogP contribution < -0.4 is 4.74 Å². The molecule has 0 radical (unpaired) electrons. The van der Waals surface area contributed by atoms with Gasteiger partial charge in [0.15, 0.2) is 11.3 Å². The summed E-state index contributed by atoms with van der Waals surface area (Å²) in [6, 6.07) is 20.4. The molecule has 2 heterocycles. The van der Waals surface area contributed by atoms with Crippen molar-refractivity contribution in [1.29, 1.82) is 0 Å². The molecule has 0 aliphatic carbocycles. The second-order valence-electron chi connectivity index (χ2n) is 5.73. The summed E-state index contributed by atoms with van der Waals surface area (Å²) in [7, 11) is 1.59. The van der Waals surface area contributed by atoms with Crippen LogP contribution in [-0.2, 0) is 0 Å². The van der Waals surface area contributed by atoms with Gasteiger partial charge in [0, 0.05) is 17.2 Å². The van der Waals surface area contributed by atoms with Crippen molar-refractivity contribution in [2.24, 2.45) is 0 Å². The first kappa shape index (κ1) is 15.8. The van der Waals surface area contributed by atoms with Crippen LogP contribution in [0, 0.1) is 0 Å². The van der Waals surface area contributed by atoms with E-state index in [1.165, 1.54) is 6.07 Å². The average molecular weight is 345 g/mol. The molecule has 26 heavy (non-hydrogen) atoms. The third-order valence-electron chi connectivity index (χ3n) is 4.08. The van der Waals surface area contributed by atoms with Crippen molar-refractivity contribution in [1.82, 2.24) is 14.6 Å². The van der Waals surface area contributed by atoms with Gasteiger partial charge < -0.3 is 9.84 Å². The van der Waals surface area contributed by atoms with Gasteiger partial charge in [-0.15, -0.1) is 0 Å². The number of benzene rings is 2. The molecular formula is C20H15N3O3. The van der Waals surface area contributed by atoms with Crippen molar-refractivity contribution in [2.45, 2.75) is 0 Å². The summed E-state index contributed by atoms with van der Waals surface area (Å²) in [4.78, 5) is 15.7. The van der Waals surface area contributed by atoms with Crippen molar-refractivity contribution in [3.8, 4) is 28.3 Å². The SMILES string of the molecule is COc1cccc(-c2cc(C(=O)O)nc3cc(-c4ccccc4)nn23)c1. The molecule has 0 bridgehead atoms. The zero-order valence-electron chi connectivity index (χ0n) is 14.0. The van der Waals surface area contributed by atoms with E-state index in [9.17, 15) is 9.90 Å². The highest BCUT2D eigenvalue weighted by atomic mass is 16.5. The van der Waals surface area contributed by atoms with Crippen LogP contribution in [-0.4, -0.2) is 32.8 Å². The highest BCUT2D eigenvalue weighted by Crippen LogP contribution is 2.27. The molecular weight excluding hydrogens is 330 g/mol. The normalized spacial score (nSPS) is 10.8. The molecule has 0 aliphatic heterocycles.